The molecule has 1 aliphatic carbocycles. The van der Waals surface area contributed by atoms with Crippen LogP contribution in [0.2, 0.25) is 0 Å². The molecule has 1 amide bonds. The summed E-state index contributed by atoms with van der Waals surface area (Å²) in [4.78, 5) is 16.8. The van der Waals surface area contributed by atoms with Crippen molar-refractivity contribution in [1.82, 2.24) is 15.1 Å². The number of nitrogens with one attached hydrogen (secondary N) is 1. The van der Waals surface area contributed by atoms with Gasteiger partial charge in [0.25, 0.3) is 0 Å². The van der Waals surface area contributed by atoms with Crippen molar-refractivity contribution >= 4 is 5.91 Å². The van der Waals surface area contributed by atoms with E-state index in [0.717, 1.165) is 70.7 Å². The molecule has 27 heavy (non-hydrogen) atoms. The summed E-state index contributed by atoms with van der Waals surface area (Å²) in [6, 6.07) is 7.15. The van der Waals surface area contributed by atoms with Gasteiger partial charge in [-0.15, -0.1) is 0 Å². The fourth-order valence-electron chi connectivity index (χ4n) is 4.42. The van der Waals surface area contributed by atoms with Crippen LogP contribution < -0.4 is 10.1 Å². The summed E-state index contributed by atoms with van der Waals surface area (Å²) in [6.07, 6.45) is 6.42. The second kappa shape index (κ2) is 10.1. The first-order chi connectivity index (χ1) is 13.2. The molecule has 5 heteroatoms. The van der Waals surface area contributed by atoms with Gasteiger partial charge in [-0.05, 0) is 68.5 Å². The highest BCUT2D eigenvalue weighted by Crippen LogP contribution is 2.28. The summed E-state index contributed by atoms with van der Waals surface area (Å²) in [5.41, 5.74) is 2.93. The van der Waals surface area contributed by atoms with Crippen LogP contribution in [0.25, 0.3) is 0 Å². The highest BCUT2D eigenvalue weighted by atomic mass is 16.5. The molecule has 1 fully saturated rings. The number of amides is 1. The van der Waals surface area contributed by atoms with Crippen LogP contribution >= 0.6 is 0 Å². The molecule has 1 heterocycles. The van der Waals surface area contributed by atoms with E-state index >= 15 is 0 Å². The molecular weight excluding hydrogens is 338 g/mol. The Morgan fingerprint density at radius 1 is 1.22 bits per heavy atom. The predicted molar refractivity (Wildman–Crippen MR) is 109 cm³/mol. The number of carbonyl (C=O) groups is 1. The third kappa shape index (κ3) is 5.45. The van der Waals surface area contributed by atoms with Gasteiger partial charge < -0.3 is 19.9 Å². The minimum Gasteiger partial charge on any atom is -0.497 e. The number of ether oxygens (including phenoxy) is 1. The number of aryl methyl sites for hydroxylation is 1. The number of fused-ring (bicyclic) bond motifs is 1. The third-order valence-electron chi connectivity index (χ3n) is 6.09. The van der Waals surface area contributed by atoms with E-state index in [1.54, 1.807) is 7.11 Å². The summed E-state index contributed by atoms with van der Waals surface area (Å²) >= 11 is 0. The number of nitrogens with zero attached hydrogens (tertiary/aromatic N) is 2. The van der Waals surface area contributed by atoms with Crippen LogP contribution in [0.4, 0.5) is 0 Å². The molecule has 1 aromatic carbocycles. The largest absolute Gasteiger partial charge is 0.497 e. The highest BCUT2D eigenvalue weighted by Gasteiger charge is 2.23. The number of rotatable bonds is 8. The van der Waals surface area contributed by atoms with Crippen LogP contribution in [0.1, 0.15) is 43.7 Å². The fourth-order valence-corrected chi connectivity index (χ4v) is 4.42. The highest BCUT2D eigenvalue weighted by molar-refractivity contribution is 5.76. The molecule has 1 aliphatic heterocycles. The Kier molecular flexibility index (Phi) is 7.53. The average molecular weight is 374 g/mol. The normalized spacial score (nSPS) is 20.5. The fraction of sp³-hybridized carbons (Fsp3) is 0.682. The number of carbonyl (C=O) groups excluding carboxylic acids is 1. The predicted octanol–water partition coefficient (Wildman–Crippen LogP) is 2.48. The molecule has 1 atom stereocenters. The SMILES string of the molecule is CCN(CCCCN1CCNCCC1=O)C1CCc2ccc(OC)cc2C1. The summed E-state index contributed by atoms with van der Waals surface area (Å²) in [6.45, 7) is 8.01. The van der Waals surface area contributed by atoms with Gasteiger partial charge >= 0.3 is 0 Å². The van der Waals surface area contributed by atoms with Gasteiger partial charge in [0.1, 0.15) is 5.75 Å². The number of hydrogen-bond donors (Lipinski definition) is 1. The lowest BCUT2D eigenvalue weighted by molar-refractivity contribution is -0.130. The van der Waals surface area contributed by atoms with E-state index in [-0.39, 0.29) is 0 Å². The van der Waals surface area contributed by atoms with Gasteiger partial charge in [0.05, 0.1) is 7.11 Å². The Bertz CT molecular complexity index is 620. The van der Waals surface area contributed by atoms with Crippen LogP contribution in [0.5, 0.6) is 5.75 Å². The van der Waals surface area contributed by atoms with E-state index in [1.165, 1.54) is 17.5 Å². The van der Waals surface area contributed by atoms with Crippen molar-refractivity contribution in [2.24, 2.45) is 0 Å². The first kappa shape index (κ1) is 20.2. The first-order valence-corrected chi connectivity index (χ1v) is 10.6. The number of likely N-dealkylation sites (N-methyl/N-ethyl adjacent to an activating group) is 1. The van der Waals surface area contributed by atoms with Gasteiger partial charge in [0, 0.05) is 38.6 Å². The molecule has 0 bridgehead atoms. The van der Waals surface area contributed by atoms with Crippen LogP contribution in [-0.2, 0) is 17.6 Å². The Hall–Kier alpha value is -1.59. The maximum Gasteiger partial charge on any atom is 0.223 e. The van der Waals surface area contributed by atoms with E-state index < -0.39 is 0 Å². The van der Waals surface area contributed by atoms with Gasteiger partial charge in [0.2, 0.25) is 5.91 Å². The van der Waals surface area contributed by atoms with Crippen LogP contribution in [0, 0.1) is 0 Å². The molecule has 1 unspecified atom stereocenters. The second-order valence-corrected chi connectivity index (χ2v) is 7.75. The summed E-state index contributed by atoms with van der Waals surface area (Å²) in [5, 5.41) is 3.31. The molecule has 0 radical (unpaired) electrons. The molecule has 0 saturated carbocycles. The van der Waals surface area contributed by atoms with Crippen molar-refractivity contribution in [2.75, 3.05) is 46.4 Å². The maximum atomic E-state index is 12.1. The van der Waals surface area contributed by atoms with Crippen molar-refractivity contribution < 1.29 is 9.53 Å². The molecule has 1 saturated heterocycles. The molecule has 1 aromatic rings. The Morgan fingerprint density at radius 3 is 2.93 bits per heavy atom. The van der Waals surface area contributed by atoms with Crippen molar-refractivity contribution in [1.29, 1.82) is 0 Å². The van der Waals surface area contributed by atoms with Gasteiger partial charge in [-0.25, -0.2) is 0 Å². The standard InChI is InChI=1S/C22H35N3O2/c1-3-24(13-4-5-14-25-15-12-23-11-10-22(25)26)20-8-6-18-7-9-21(27-2)17-19(18)16-20/h7,9,17,20,23H,3-6,8,10-16H2,1-2H3. The molecule has 1 N–H and O–H groups in total. The lowest BCUT2D eigenvalue weighted by atomic mass is 9.87. The average Bonchev–Trinajstić information content (AvgIpc) is 2.91. The quantitative estimate of drug-likeness (QED) is 0.711. The third-order valence-corrected chi connectivity index (χ3v) is 6.09. The van der Waals surface area contributed by atoms with E-state index in [0.29, 0.717) is 18.4 Å². The van der Waals surface area contributed by atoms with E-state index in [2.05, 4.69) is 35.3 Å². The number of benzene rings is 1. The molecule has 150 valence electrons. The zero-order chi connectivity index (χ0) is 19.1. The van der Waals surface area contributed by atoms with Crippen molar-refractivity contribution in [3.05, 3.63) is 29.3 Å². The van der Waals surface area contributed by atoms with Crippen molar-refractivity contribution in [3.63, 3.8) is 0 Å². The van der Waals surface area contributed by atoms with Gasteiger partial charge in [-0.1, -0.05) is 13.0 Å². The van der Waals surface area contributed by atoms with Crippen molar-refractivity contribution in [2.45, 2.75) is 51.5 Å². The molecule has 5 nitrogen and oxygen atoms in total. The number of methoxy groups -OCH3 is 1. The monoisotopic (exact) mass is 373 g/mol. The summed E-state index contributed by atoms with van der Waals surface area (Å²) in [5.74, 6) is 1.28. The molecule has 2 aliphatic rings. The first-order valence-electron chi connectivity index (χ1n) is 10.6. The molecule has 0 aromatic heterocycles. The Morgan fingerprint density at radius 2 is 2.11 bits per heavy atom. The topological polar surface area (TPSA) is 44.8 Å². The van der Waals surface area contributed by atoms with Crippen LogP contribution in [0.15, 0.2) is 18.2 Å². The van der Waals surface area contributed by atoms with Crippen LogP contribution in [0.3, 0.4) is 0 Å². The minimum absolute atomic E-state index is 0.310. The van der Waals surface area contributed by atoms with Crippen molar-refractivity contribution in [3.8, 4) is 5.75 Å². The van der Waals surface area contributed by atoms with Gasteiger partial charge in [-0.3, -0.25) is 4.79 Å². The van der Waals surface area contributed by atoms with E-state index in [9.17, 15) is 4.79 Å². The smallest absolute Gasteiger partial charge is 0.223 e. The molecular formula is C22H35N3O2. The lowest BCUT2D eigenvalue weighted by Gasteiger charge is -2.35. The molecule has 3 rings (SSSR count). The van der Waals surface area contributed by atoms with E-state index in [1.807, 2.05) is 4.90 Å². The molecule has 0 spiro atoms. The number of hydrogen-bond acceptors (Lipinski definition) is 4. The zero-order valence-electron chi connectivity index (χ0n) is 17.0. The van der Waals surface area contributed by atoms with Gasteiger partial charge in [0.15, 0.2) is 0 Å². The van der Waals surface area contributed by atoms with E-state index in [4.69, 9.17) is 4.74 Å². The Balaban J connectivity index is 1.46. The second-order valence-electron chi connectivity index (χ2n) is 7.75. The number of unbranched alkanes of at least 4 members (excludes halogenated alkanes) is 1. The summed E-state index contributed by atoms with van der Waals surface area (Å²) in [7, 11) is 1.74. The minimum atomic E-state index is 0.310. The lowest BCUT2D eigenvalue weighted by Crippen LogP contribution is -2.40. The Labute approximate surface area is 164 Å². The van der Waals surface area contributed by atoms with Gasteiger partial charge in [-0.2, -0.15) is 0 Å². The zero-order valence-corrected chi connectivity index (χ0v) is 17.0. The summed E-state index contributed by atoms with van der Waals surface area (Å²) < 4.78 is 5.41. The van der Waals surface area contributed by atoms with Crippen LogP contribution in [-0.4, -0.2) is 68.1 Å². The maximum absolute atomic E-state index is 12.1.